The lowest BCUT2D eigenvalue weighted by atomic mass is 10.1. The van der Waals surface area contributed by atoms with Gasteiger partial charge in [-0.2, -0.15) is 0 Å². The lowest BCUT2D eigenvalue weighted by Crippen LogP contribution is -2.46. The summed E-state index contributed by atoms with van der Waals surface area (Å²) in [6, 6.07) is 8.82. The number of benzene rings is 1. The quantitative estimate of drug-likeness (QED) is 0.791. The molecule has 0 aliphatic carbocycles. The van der Waals surface area contributed by atoms with E-state index in [9.17, 15) is 0 Å². The molecule has 0 aliphatic heterocycles. The molecule has 3 heteroatoms. The van der Waals surface area contributed by atoms with Crippen molar-refractivity contribution in [3.05, 3.63) is 29.8 Å². The van der Waals surface area contributed by atoms with Gasteiger partial charge in [-0.15, -0.1) is 0 Å². The molecule has 1 N–H and O–H groups in total. The first-order valence-corrected chi connectivity index (χ1v) is 7.94. The Morgan fingerprint density at radius 2 is 1.90 bits per heavy atom. The maximum atomic E-state index is 5.46. The van der Waals surface area contributed by atoms with E-state index in [-0.39, 0.29) is 5.54 Å². The highest BCUT2D eigenvalue weighted by Gasteiger charge is 2.18. The number of ether oxygens (including phenoxy) is 1. The molecule has 1 atom stereocenters. The minimum absolute atomic E-state index is 0.164. The maximum absolute atomic E-state index is 5.46. The Hall–Kier alpha value is -1.06. The second kappa shape index (κ2) is 8.40. The van der Waals surface area contributed by atoms with Crippen molar-refractivity contribution in [3.8, 4) is 5.75 Å². The van der Waals surface area contributed by atoms with Gasteiger partial charge in [0.25, 0.3) is 0 Å². The number of para-hydroxylation sites is 1. The third-order valence-electron chi connectivity index (χ3n) is 3.73. The fourth-order valence-corrected chi connectivity index (χ4v) is 2.47. The minimum Gasteiger partial charge on any atom is -0.496 e. The molecule has 0 aliphatic rings. The Bertz CT molecular complexity index is 412. The number of hydrogen-bond acceptors (Lipinski definition) is 3. The fourth-order valence-electron chi connectivity index (χ4n) is 2.47. The van der Waals surface area contributed by atoms with Gasteiger partial charge in [0.05, 0.1) is 7.11 Å². The van der Waals surface area contributed by atoms with Crippen molar-refractivity contribution in [2.75, 3.05) is 20.7 Å². The summed E-state index contributed by atoms with van der Waals surface area (Å²) in [5.74, 6) is 0.975. The molecule has 0 amide bonds. The molecule has 0 heterocycles. The second-order valence-corrected chi connectivity index (χ2v) is 6.80. The average molecular weight is 292 g/mol. The summed E-state index contributed by atoms with van der Waals surface area (Å²) in [6.45, 7) is 10.8. The summed E-state index contributed by atoms with van der Waals surface area (Å²) in [6.07, 6.45) is 2.40. The zero-order chi connectivity index (χ0) is 15.9. The summed E-state index contributed by atoms with van der Waals surface area (Å²) in [7, 11) is 3.95. The van der Waals surface area contributed by atoms with Crippen LogP contribution in [0.4, 0.5) is 0 Å². The van der Waals surface area contributed by atoms with E-state index >= 15 is 0 Å². The molecule has 0 saturated carbocycles. The highest BCUT2D eigenvalue weighted by atomic mass is 16.5. The molecule has 3 nitrogen and oxygen atoms in total. The van der Waals surface area contributed by atoms with Crippen LogP contribution in [0.15, 0.2) is 24.3 Å². The van der Waals surface area contributed by atoms with Crippen LogP contribution in [0.2, 0.25) is 0 Å². The summed E-state index contributed by atoms with van der Waals surface area (Å²) < 4.78 is 5.46. The van der Waals surface area contributed by atoms with E-state index in [2.05, 4.69) is 57.1 Å². The lowest BCUT2D eigenvalue weighted by molar-refractivity contribution is 0.200. The summed E-state index contributed by atoms with van der Waals surface area (Å²) >= 11 is 0. The Morgan fingerprint density at radius 1 is 1.24 bits per heavy atom. The molecule has 0 spiro atoms. The molecule has 120 valence electrons. The first-order chi connectivity index (χ1) is 9.87. The van der Waals surface area contributed by atoms with Gasteiger partial charge in [-0.05, 0) is 40.3 Å². The fraction of sp³-hybridized carbons (Fsp3) is 0.667. The van der Waals surface area contributed by atoms with E-state index in [1.807, 2.05) is 12.1 Å². The van der Waals surface area contributed by atoms with Crippen LogP contribution in [-0.2, 0) is 6.54 Å². The molecule has 0 aromatic heterocycles. The van der Waals surface area contributed by atoms with Crippen LogP contribution in [0.1, 0.15) is 46.1 Å². The Kier molecular flexibility index (Phi) is 7.20. The Labute approximate surface area is 130 Å². The first-order valence-electron chi connectivity index (χ1n) is 7.94. The highest BCUT2D eigenvalue weighted by Crippen LogP contribution is 2.20. The van der Waals surface area contributed by atoms with Gasteiger partial charge in [-0.1, -0.05) is 31.5 Å². The summed E-state index contributed by atoms with van der Waals surface area (Å²) in [5.41, 5.74) is 1.41. The normalized spacial score (nSPS) is 13.5. The van der Waals surface area contributed by atoms with Gasteiger partial charge in [0.1, 0.15) is 5.75 Å². The van der Waals surface area contributed by atoms with Gasteiger partial charge in [0, 0.05) is 30.2 Å². The van der Waals surface area contributed by atoms with Crippen LogP contribution in [0.3, 0.4) is 0 Å². The summed E-state index contributed by atoms with van der Waals surface area (Å²) in [5, 5.41) is 3.63. The van der Waals surface area contributed by atoms with Crippen molar-refractivity contribution < 1.29 is 4.74 Å². The number of hydrogen-bond donors (Lipinski definition) is 1. The Morgan fingerprint density at radius 3 is 2.48 bits per heavy atom. The third-order valence-corrected chi connectivity index (χ3v) is 3.73. The Balaban J connectivity index is 2.69. The first kappa shape index (κ1) is 18.0. The van der Waals surface area contributed by atoms with Gasteiger partial charge in [0.2, 0.25) is 0 Å². The monoisotopic (exact) mass is 292 g/mol. The molecule has 1 rings (SSSR count). The smallest absolute Gasteiger partial charge is 0.123 e. The van der Waals surface area contributed by atoms with Crippen LogP contribution in [0, 0.1) is 0 Å². The van der Waals surface area contributed by atoms with Crippen molar-refractivity contribution in [1.29, 1.82) is 0 Å². The molecular formula is C18H32N2O. The van der Waals surface area contributed by atoms with Crippen molar-refractivity contribution >= 4 is 0 Å². The zero-order valence-electron chi connectivity index (χ0n) is 14.6. The van der Waals surface area contributed by atoms with E-state index in [0.717, 1.165) is 18.8 Å². The average Bonchev–Trinajstić information content (AvgIpc) is 2.43. The molecular weight excluding hydrogens is 260 g/mol. The molecule has 0 radical (unpaired) electrons. The molecule has 0 saturated heterocycles. The van der Waals surface area contributed by atoms with E-state index in [4.69, 9.17) is 4.74 Å². The number of likely N-dealkylation sites (N-methyl/N-ethyl adjacent to an activating group) is 1. The summed E-state index contributed by atoms with van der Waals surface area (Å²) in [4.78, 5) is 2.43. The molecule has 0 fully saturated rings. The molecule has 1 unspecified atom stereocenters. The van der Waals surface area contributed by atoms with Gasteiger partial charge in [0.15, 0.2) is 0 Å². The van der Waals surface area contributed by atoms with Crippen LogP contribution in [-0.4, -0.2) is 37.2 Å². The van der Waals surface area contributed by atoms with Gasteiger partial charge in [-0.3, -0.25) is 4.90 Å². The number of rotatable bonds is 8. The van der Waals surface area contributed by atoms with Gasteiger partial charge in [-0.25, -0.2) is 0 Å². The maximum Gasteiger partial charge on any atom is 0.123 e. The van der Waals surface area contributed by atoms with Crippen LogP contribution in [0.25, 0.3) is 0 Å². The van der Waals surface area contributed by atoms with E-state index in [0.29, 0.717) is 6.04 Å². The van der Waals surface area contributed by atoms with Crippen molar-refractivity contribution in [2.24, 2.45) is 0 Å². The topological polar surface area (TPSA) is 24.5 Å². The molecule has 1 aromatic rings. The van der Waals surface area contributed by atoms with Gasteiger partial charge < -0.3 is 10.1 Å². The molecule has 0 bridgehead atoms. The zero-order valence-corrected chi connectivity index (χ0v) is 14.6. The van der Waals surface area contributed by atoms with Crippen molar-refractivity contribution in [3.63, 3.8) is 0 Å². The lowest BCUT2D eigenvalue weighted by Gasteiger charge is -2.32. The molecule has 1 aromatic carbocycles. The van der Waals surface area contributed by atoms with Crippen molar-refractivity contribution in [1.82, 2.24) is 10.2 Å². The number of nitrogens with zero attached hydrogens (tertiary/aromatic N) is 1. The standard InChI is InChI=1S/C18H32N2O/c1-7-10-16(13-19-18(2,3)4)20(5)14-15-11-8-9-12-17(15)21-6/h8-9,11-12,16,19H,7,10,13-14H2,1-6H3. The number of nitrogens with one attached hydrogen (secondary N) is 1. The van der Waals surface area contributed by atoms with Crippen LogP contribution >= 0.6 is 0 Å². The van der Waals surface area contributed by atoms with Crippen LogP contribution in [0.5, 0.6) is 5.75 Å². The SMILES string of the molecule is CCCC(CNC(C)(C)C)N(C)Cc1ccccc1OC. The minimum atomic E-state index is 0.164. The third kappa shape index (κ3) is 6.49. The van der Waals surface area contributed by atoms with E-state index in [1.54, 1.807) is 7.11 Å². The van der Waals surface area contributed by atoms with Crippen LogP contribution < -0.4 is 10.1 Å². The predicted molar refractivity (Wildman–Crippen MR) is 90.9 cm³/mol. The second-order valence-electron chi connectivity index (χ2n) is 6.80. The highest BCUT2D eigenvalue weighted by molar-refractivity contribution is 5.33. The van der Waals surface area contributed by atoms with E-state index < -0.39 is 0 Å². The van der Waals surface area contributed by atoms with Gasteiger partial charge >= 0.3 is 0 Å². The van der Waals surface area contributed by atoms with Crippen molar-refractivity contribution in [2.45, 2.75) is 58.7 Å². The number of methoxy groups -OCH3 is 1. The largest absolute Gasteiger partial charge is 0.496 e. The van der Waals surface area contributed by atoms with E-state index in [1.165, 1.54) is 18.4 Å². The molecule has 21 heavy (non-hydrogen) atoms. The predicted octanol–water partition coefficient (Wildman–Crippen LogP) is 3.68.